The number of hydrogen-bond acceptors (Lipinski definition) is 5. The van der Waals surface area contributed by atoms with Crippen molar-refractivity contribution < 1.29 is 4.74 Å². The van der Waals surface area contributed by atoms with Crippen LogP contribution < -0.4 is 5.32 Å². The van der Waals surface area contributed by atoms with Crippen molar-refractivity contribution in [2.75, 3.05) is 25.1 Å². The first-order valence-corrected chi connectivity index (χ1v) is 7.58. The summed E-state index contributed by atoms with van der Waals surface area (Å²) in [6.07, 6.45) is 3.70. The summed E-state index contributed by atoms with van der Waals surface area (Å²) in [6.45, 7) is 8.91. The summed E-state index contributed by atoms with van der Waals surface area (Å²) in [6, 6.07) is 0. The van der Waals surface area contributed by atoms with Gasteiger partial charge in [0.05, 0.1) is 5.39 Å². The van der Waals surface area contributed by atoms with Crippen molar-refractivity contribution in [1.29, 1.82) is 0 Å². The molecule has 19 heavy (non-hydrogen) atoms. The van der Waals surface area contributed by atoms with E-state index in [0.717, 1.165) is 43.2 Å². The maximum atomic E-state index is 5.47. The van der Waals surface area contributed by atoms with E-state index in [1.165, 1.54) is 15.8 Å². The lowest BCUT2D eigenvalue weighted by Gasteiger charge is -2.07. The first-order valence-electron chi connectivity index (χ1n) is 6.76. The van der Waals surface area contributed by atoms with E-state index in [4.69, 9.17) is 4.74 Å². The second kappa shape index (κ2) is 6.82. The van der Waals surface area contributed by atoms with Gasteiger partial charge in [-0.15, -0.1) is 11.3 Å². The molecule has 2 aromatic rings. The van der Waals surface area contributed by atoms with Gasteiger partial charge in [0.1, 0.15) is 17.0 Å². The van der Waals surface area contributed by atoms with E-state index < -0.39 is 0 Å². The molecule has 0 fully saturated rings. The summed E-state index contributed by atoms with van der Waals surface area (Å²) in [7, 11) is 0. The van der Waals surface area contributed by atoms with Gasteiger partial charge in [0.25, 0.3) is 0 Å². The summed E-state index contributed by atoms with van der Waals surface area (Å²) in [5.41, 5.74) is 1.28. The minimum Gasteiger partial charge on any atom is -0.381 e. The zero-order valence-corrected chi connectivity index (χ0v) is 12.6. The number of fused-ring (bicyclic) bond motifs is 1. The number of nitrogens with one attached hydrogen (secondary N) is 1. The van der Waals surface area contributed by atoms with E-state index >= 15 is 0 Å². The van der Waals surface area contributed by atoms with Crippen LogP contribution in [0.15, 0.2) is 6.33 Å². The van der Waals surface area contributed by atoms with E-state index in [1.54, 1.807) is 17.7 Å². The minimum atomic E-state index is 0.802. The number of rotatable bonds is 7. The van der Waals surface area contributed by atoms with Crippen LogP contribution in [0.25, 0.3) is 10.2 Å². The predicted octanol–water partition coefficient (Wildman–Crippen LogP) is 3.54. The molecule has 0 aliphatic heterocycles. The number of anilines is 1. The second-order valence-corrected chi connectivity index (χ2v) is 5.78. The lowest BCUT2D eigenvalue weighted by Crippen LogP contribution is -2.07. The van der Waals surface area contributed by atoms with Crippen molar-refractivity contribution in [2.45, 2.75) is 33.6 Å². The largest absolute Gasteiger partial charge is 0.381 e. The third-order valence-corrected chi connectivity index (χ3v) is 4.19. The van der Waals surface area contributed by atoms with Crippen molar-refractivity contribution in [2.24, 2.45) is 0 Å². The minimum absolute atomic E-state index is 0.802. The van der Waals surface area contributed by atoms with Crippen LogP contribution in [0.2, 0.25) is 0 Å². The molecule has 2 heterocycles. The predicted molar refractivity (Wildman–Crippen MR) is 81.1 cm³/mol. The Bertz CT molecular complexity index is 539. The quantitative estimate of drug-likeness (QED) is 0.788. The van der Waals surface area contributed by atoms with Crippen LogP contribution in [-0.4, -0.2) is 29.7 Å². The molecular weight excluding hydrogens is 258 g/mol. The van der Waals surface area contributed by atoms with Crippen molar-refractivity contribution in [3.63, 3.8) is 0 Å². The summed E-state index contributed by atoms with van der Waals surface area (Å²) < 4.78 is 5.47. The van der Waals surface area contributed by atoms with Crippen LogP contribution >= 0.6 is 11.3 Å². The molecule has 4 nitrogen and oxygen atoms in total. The monoisotopic (exact) mass is 279 g/mol. The lowest BCUT2D eigenvalue weighted by molar-refractivity contribution is 0.134. The standard InChI is InChI=1S/C14H21N3OS/c1-4-7-18-8-5-6-15-13-12-10(2)11(3)19-14(12)17-9-16-13/h9H,4-8H2,1-3H3,(H,15,16,17). The lowest BCUT2D eigenvalue weighted by atomic mass is 10.2. The molecule has 0 aromatic carbocycles. The van der Waals surface area contributed by atoms with E-state index in [-0.39, 0.29) is 0 Å². The SMILES string of the molecule is CCCOCCCNc1ncnc2sc(C)c(C)c12. The Kier molecular flexibility index (Phi) is 5.10. The highest BCUT2D eigenvalue weighted by molar-refractivity contribution is 7.18. The highest BCUT2D eigenvalue weighted by Gasteiger charge is 2.11. The third kappa shape index (κ3) is 3.42. The fraction of sp³-hybridized carbons (Fsp3) is 0.571. The van der Waals surface area contributed by atoms with Crippen LogP contribution in [0, 0.1) is 13.8 Å². The molecule has 0 aliphatic carbocycles. The molecule has 2 rings (SSSR count). The van der Waals surface area contributed by atoms with Crippen LogP contribution in [0.5, 0.6) is 0 Å². The topological polar surface area (TPSA) is 47.0 Å². The molecule has 0 saturated heterocycles. The zero-order valence-electron chi connectivity index (χ0n) is 11.8. The Hall–Kier alpha value is -1.20. The molecule has 0 bridgehead atoms. The number of hydrogen-bond donors (Lipinski definition) is 1. The Morgan fingerprint density at radius 2 is 2.11 bits per heavy atom. The van der Waals surface area contributed by atoms with Gasteiger partial charge in [0.2, 0.25) is 0 Å². The van der Waals surface area contributed by atoms with Gasteiger partial charge in [-0.1, -0.05) is 6.92 Å². The molecule has 1 N–H and O–H groups in total. The van der Waals surface area contributed by atoms with Crippen molar-refractivity contribution in [3.05, 3.63) is 16.8 Å². The van der Waals surface area contributed by atoms with Gasteiger partial charge in [-0.3, -0.25) is 0 Å². The van der Waals surface area contributed by atoms with E-state index in [2.05, 4.69) is 36.1 Å². The maximum absolute atomic E-state index is 5.47. The van der Waals surface area contributed by atoms with Gasteiger partial charge in [-0.05, 0) is 32.3 Å². The Balaban J connectivity index is 1.97. The number of aryl methyl sites for hydroxylation is 2. The first kappa shape index (κ1) is 14.2. The molecule has 0 amide bonds. The average Bonchev–Trinajstić information content (AvgIpc) is 2.70. The molecule has 0 spiro atoms. The second-order valence-electron chi connectivity index (χ2n) is 4.58. The molecule has 5 heteroatoms. The fourth-order valence-corrected chi connectivity index (χ4v) is 2.94. The Labute approximate surface area is 118 Å². The number of ether oxygens (including phenoxy) is 1. The van der Waals surface area contributed by atoms with Gasteiger partial charge in [-0.2, -0.15) is 0 Å². The number of thiophene rings is 1. The molecule has 104 valence electrons. The number of nitrogens with zero attached hydrogens (tertiary/aromatic N) is 2. The third-order valence-electron chi connectivity index (χ3n) is 3.07. The summed E-state index contributed by atoms with van der Waals surface area (Å²) >= 11 is 1.73. The van der Waals surface area contributed by atoms with E-state index in [1.807, 2.05) is 0 Å². The fourth-order valence-electron chi connectivity index (χ4n) is 1.94. The highest BCUT2D eigenvalue weighted by atomic mass is 32.1. The molecule has 2 aromatic heterocycles. The normalized spacial score (nSPS) is 11.1. The molecule has 0 unspecified atom stereocenters. The maximum Gasteiger partial charge on any atom is 0.138 e. The molecule has 0 aliphatic rings. The van der Waals surface area contributed by atoms with Crippen LogP contribution in [0.3, 0.4) is 0 Å². The Morgan fingerprint density at radius 3 is 2.89 bits per heavy atom. The van der Waals surface area contributed by atoms with Gasteiger partial charge < -0.3 is 10.1 Å². The van der Waals surface area contributed by atoms with Crippen molar-refractivity contribution >= 4 is 27.4 Å². The molecule has 0 radical (unpaired) electrons. The van der Waals surface area contributed by atoms with Crippen LogP contribution in [0.1, 0.15) is 30.2 Å². The molecule has 0 atom stereocenters. The molecular formula is C14H21N3OS. The van der Waals surface area contributed by atoms with Crippen LogP contribution in [-0.2, 0) is 4.74 Å². The van der Waals surface area contributed by atoms with Gasteiger partial charge in [0.15, 0.2) is 0 Å². The smallest absolute Gasteiger partial charge is 0.138 e. The average molecular weight is 279 g/mol. The Morgan fingerprint density at radius 1 is 1.26 bits per heavy atom. The van der Waals surface area contributed by atoms with Crippen molar-refractivity contribution in [1.82, 2.24) is 9.97 Å². The van der Waals surface area contributed by atoms with E-state index in [0.29, 0.717) is 0 Å². The summed E-state index contributed by atoms with van der Waals surface area (Å²) in [4.78, 5) is 11.1. The van der Waals surface area contributed by atoms with Gasteiger partial charge in [0, 0.05) is 24.6 Å². The highest BCUT2D eigenvalue weighted by Crippen LogP contribution is 2.32. The zero-order chi connectivity index (χ0) is 13.7. The summed E-state index contributed by atoms with van der Waals surface area (Å²) in [5.74, 6) is 0.947. The van der Waals surface area contributed by atoms with Gasteiger partial charge in [-0.25, -0.2) is 9.97 Å². The first-order chi connectivity index (χ1) is 9.24. The summed E-state index contributed by atoms with van der Waals surface area (Å²) in [5, 5.41) is 4.56. The van der Waals surface area contributed by atoms with E-state index in [9.17, 15) is 0 Å². The molecule has 0 saturated carbocycles. The van der Waals surface area contributed by atoms with Crippen LogP contribution in [0.4, 0.5) is 5.82 Å². The van der Waals surface area contributed by atoms with Crippen molar-refractivity contribution in [3.8, 4) is 0 Å². The number of aromatic nitrogens is 2. The van der Waals surface area contributed by atoms with Gasteiger partial charge >= 0.3 is 0 Å².